The number of hydrogen-bond donors (Lipinski definition) is 1. The van der Waals surface area contributed by atoms with Crippen molar-refractivity contribution < 1.29 is 14.4 Å². The van der Waals surface area contributed by atoms with E-state index in [0.717, 1.165) is 31.2 Å². The van der Waals surface area contributed by atoms with Crippen LogP contribution < -0.4 is 10.2 Å². The van der Waals surface area contributed by atoms with Crippen molar-refractivity contribution in [3.8, 4) is 0 Å². The van der Waals surface area contributed by atoms with E-state index < -0.39 is 17.7 Å². The third-order valence-corrected chi connectivity index (χ3v) is 5.99. The molecule has 1 aromatic carbocycles. The molecule has 1 aromatic heterocycles. The SMILES string of the molecule is CC(=O)C(=O)N(c1ccc(C(C)(C)C)cc1)C(C(=O)NC1CCCCC1)c1cccnc1. The van der Waals surface area contributed by atoms with E-state index >= 15 is 0 Å². The van der Waals surface area contributed by atoms with Crippen molar-refractivity contribution in [3.05, 3.63) is 59.9 Å². The third kappa shape index (κ3) is 5.61. The average Bonchev–Trinajstić information content (AvgIpc) is 2.77. The first-order chi connectivity index (χ1) is 15.2. The number of rotatable bonds is 6. The van der Waals surface area contributed by atoms with Crippen LogP contribution in [0.5, 0.6) is 0 Å². The van der Waals surface area contributed by atoms with Gasteiger partial charge in [0.15, 0.2) is 0 Å². The number of nitrogens with one attached hydrogen (secondary N) is 1. The number of hydrogen-bond acceptors (Lipinski definition) is 4. The zero-order chi connectivity index (χ0) is 23.3. The molecule has 0 radical (unpaired) electrons. The van der Waals surface area contributed by atoms with Gasteiger partial charge < -0.3 is 5.32 Å². The Morgan fingerprint density at radius 3 is 2.22 bits per heavy atom. The predicted molar refractivity (Wildman–Crippen MR) is 125 cm³/mol. The molecule has 2 aromatic rings. The van der Waals surface area contributed by atoms with E-state index in [4.69, 9.17) is 0 Å². The van der Waals surface area contributed by atoms with Crippen molar-refractivity contribution in [2.75, 3.05) is 4.90 Å². The summed E-state index contributed by atoms with van der Waals surface area (Å²) >= 11 is 0. The topological polar surface area (TPSA) is 79.4 Å². The molecule has 2 amide bonds. The fraction of sp³-hybridized carbons (Fsp3) is 0.462. The van der Waals surface area contributed by atoms with Crippen LogP contribution in [0.2, 0.25) is 0 Å². The Bertz CT molecular complexity index is 943. The molecule has 1 aliphatic carbocycles. The first kappa shape index (κ1) is 23.6. The fourth-order valence-corrected chi connectivity index (χ4v) is 4.16. The maximum Gasteiger partial charge on any atom is 0.295 e. The van der Waals surface area contributed by atoms with Gasteiger partial charge in [0, 0.05) is 36.6 Å². The maximum absolute atomic E-state index is 13.5. The minimum absolute atomic E-state index is 0.0605. The van der Waals surface area contributed by atoms with E-state index in [2.05, 4.69) is 31.1 Å². The van der Waals surface area contributed by atoms with Crippen molar-refractivity contribution in [1.82, 2.24) is 10.3 Å². The molecular weight excluding hydrogens is 402 g/mol. The first-order valence-corrected chi connectivity index (χ1v) is 11.3. The fourth-order valence-electron chi connectivity index (χ4n) is 4.16. The van der Waals surface area contributed by atoms with Gasteiger partial charge in [-0.1, -0.05) is 58.2 Å². The molecule has 6 nitrogen and oxygen atoms in total. The number of anilines is 1. The Morgan fingerprint density at radius 2 is 1.69 bits per heavy atom. The standard InChI is InChI=1S/C26H33N3O3/c1-18(30)25(32)29(22-14-12-20(13-15-22)26(2,3)4)23(19-9-8-16-27-17-19)24(31)28-21-10-6-5-7-11-21/h8-9,12-17,21,23H,5-7,10-11H2,1-4H3,(H,28,31). The van der Waals surface area contributed by atoms with Crippen LogP contribution in [0.15, 0.2) is 48.8 Å². The second kappa shape index (κ2) is 10.1. The van der Waals surface area contributed by atoms with Crippen molar-refractivity contribution in [3.63, 3.8) is 0 Å². The van der Waals surface area contributed by atoms with Gasteiger partial charge in [0.2, 0.25) is 11.7 Å². The molecule has 1 N–H and O–H groups in total. The lowest BCUT2D eigenvalue weighted by Gasteiger charge is -2.33. The Hall–Kier alpha value is -3.02. The highest BCUT2D eigenvalue weighted by Crippen LogP contribution is 2.31. The highest BCUT2D eigenvalue weighted by molar-refractivity contribution is 6.41. The van der Waals surface area contributed by atoms with E-state index in [1.165, 1.54) is 18.2 Å². The van der Waals surface area contributed by atoms with Gasteiger partial charge in [-0.25, -0.2) is 0 Å². The van der Waals surface area contributed by atoms with Crippen LogP contribution in [-0.2, 0) is 19.8 Å². The van der Waals surface area contributed by atoms with Gasteiger partial charge in [-0.15, -0.1) is 0 Å². The Balaban J connectivity index is 2.04. The average molecular weight is 436 g/mol. The number of aromatic nitrogens is 1. The van der Waals surface area contributed by atoms with Crippen LogP contribution in [0.25, 0.3) is 0 Å². The number of carbonyl (C=O) groups excluding carboxylic acids is 3. The van der Waals surface area contributed by atoms with Crippen LogP contribution >= 0.6 is 0 Å². The van der Waals surface area contributed by atoms with Gasteiger partial charge >= 0.3 is 0 Å². The highest BCUT2D eigenvalue weighted by atomic mass is 16.2. The lowest BCUT2D eigenvalue weighted by molar-refractivity contribution is -0.136. The molecule has 1 aliphatic rings. The van der Waals surface area contributed by atoms with E-state index in [1.54, 1.807) is 36.7 Å². The summed E-state index contributed by atoms with van der Waals surface area (Å²) in [4.78, 5) is 44.3. The quantitative estimate of drug-likeness (QED) is 0.678. The summed E-state index contributed by atoms with van der Waals surface area (Å²) < 4.78 is 0. The lowest BCUT2D eigenvalue weighted by atomic mass is 9.87. The predicted octanol–water partition coefficient (Wildman–Crippen LogP) is 4.49. The number of Topliss-reactive ketones (excluding diaryl/α,β-unsaturated/α-hetero) is 1. The smallest absolute Gasteiger partial charge is 0.295 e. The van der Waals surface area contributed by atoms with Crippen molar-refractivity contribution >= 4 is 23.3 Å². The van der Waals surface area contributed by atoms with E-state index in [0.29, 0.717) is 11.3 Å². The molecule has 1 fully saturated rings. The summed E-state index contributed by atoms with van der Waals surface area (Å²) in [5.41, 5.74) is 2.11. The van der Waals surface area contributed by atoms with E-state index in [9.17, 15) is 14.4 Å². The van der Waals surface area contributed by atoms with Crippen LogP contribution in [0.4, 0.5) is 5.69 Å². The minimum atomic E-state index is -0.984. The van der Waals surface area contributed by atoms with Crippen LogP contribution in [0, 0.1) is 0 Å². The molecular formula is C26H33N3O3. The van der Waals surface area contributed by atoms with Crippen LogP contribution in [0.1, 0.15) is 77.0 Å². The normalized spacial score (nSPS) is 15.6. The zero-order valence-electron chi connectivity index (χ0n) is 19.4. The van der Waals surface area contributed by atoms with E-state index in [1.807, 2.05) is 12.1 Å². The number of pyridine rings is 1. The lowest BCUT2D eigenvalue weighted by Crippen LogP contribution is -2.48. The number of amides is 2. The maximum atomic E-state index is 13.5. The highest BCUT2D eigenvalue weighted by Gasteiger charge is 2.35. The van der Waals surface area contributed by atoms with Gasteiger partial charge in [-0.2, -0.15) is 0 Å². The monoisotopic (exact) mass is 435 g/mol. The molecule has 32 heavy (non-hydrogen) atoms. The number of nitrogens with zero attached hydrogens (tertiary/aromatic N) is 2. The molecule has 0 spiro atoms. The second-order valence-corrected chi connectivity index (χ2v) is 9.56. The Morgan fingerprint density at radius 1 is 1.03 bits per heavy atom. The van der Waals surface area contributed by atoms with Gasteiger partial charge in [-0.05, 0) is 42.0 Å². The van der Waals surface area contributed by atoms with Gasteiger partial charge in [0.05, 0.1) is 0 Å². The summed E-state index contributed by atoms with van der Waals surface area (Å²) in [6.45, 7) is 7.56. The summed E-state index contributed by atoms with van der Waals surface area (Å²) in [6, 6.07) is 10.1. The Labute approximate surface area is 190 Å². The third-order valence-electron chi connectivity index (χ3n) is 5.99. The largest absolute Gasteiger partial charge is 0.351 e. The number of ketones is 1. The molecule has 3 rings (SSSR count). The molecule has 1 atom stereocenters. The van der Waals surface area contributed by atoms with E-state index in [-0.39, 0.29) is 17.4 Å². The zero-order valence-corrected chi connectivity index (χ0v) is 19.4. The number of carbonyl (C=O) groups is 3. The second-order valence-electron chi connectivity index (χ2n) is 9.56. The summed E-state index contributed by atoms with van der Waals surface area (Å²) in [7, 11) is 0. The molecule has 6 heteroatoms. The molecule has 0 saturated heterocycles. The van der Waals surface area contributed by atoms with Crippen LogP contribution in [-0.4, -0.2) is 28.6 Å². The van der Waals surface area contributed by atoms with Gasteiger partial charge in [-0.3, -0.25) is 24.3 Å². The Kier molecular flexibility index (Phi) is 7.44. The molecule has 1 heterocycles. The minimum Gasteiger partial charge on any atom is -0.351 e. The molecule has 170 valence electrons. The van der Waals surface area contributed by atoms with Gasteiger partial charge in [0.1, 0.15) is 6.04 Å². The molecule has 0 bridgehead atoms. The summed E-state index contributed by atoms with van der Waals surface area (Å²) in [5, 5.41) is 3.13. The van der Waals surface area contributed by atoms with Crippen LogP contribution in [0.3, 0.4) is 0 Å². The molecule has 1 unspecified atom stereocenters. The molecule has 1 saturated carbocycles. The summed E-state index contributed by atoms with van der Waals surface area (Å²) in [5.74, 6) is -1.63. The molecule has 0 aliphatic heterocycles. The van der Waals surface area contributed by atoms with Crippen molar-refractivity contribution in [1.29, 1.82) is 0 Å². The summed E-state index contributed by atoms with van der Waals surface area (Å²) in [6.07, 6.45) is 8.37. The first-order valence-electron chi connectivity index (χ1n) is 11.3. The van der Waals surface area contributed by atoms with Crippen molar-refractivity contribution in [2.24, 2.45) is 0 Å². The number of benzene rings is 1. The van der Waals surface area contributed by atoms with Gasteiger partial charge in [0.25, 0.3) is 5.91 Å². The van der Waals surface area contributed by atoms with Crippen molar-refractivity contribution in [2.45, 2.75) is 77.3 Å².